The normalized spacial score (nSPS) is 11.9. The summed E-state index contributed by atoms with van der Waals surface area (Å²) in [7, 11) is 0. The van der Waals surface area contributed by atoms with Gasteiger partial charge in [-0.2, -0.15) is 0 Å². The number of benzene rings is 2. The minimum Gasteiger partial charge on any atom is -0.330 e. The Hall–Kier alpha value is -2.11. The molecule has 3 aromatic rings. The lowest BCUT2D eigenvalue weighted by atomic mass is 10.2. The zero-order valence-corrected chi connectivity index (χ0v) is 18.9. The molecule has 0 spiro atoms. The zero-order chi connectivity index (χ0) is 21.0. The number of aromatic nitrogens is 2. The molecule has 29 heavy (non-hydrogen) atoms. The van der Waals surface area contributed by atoms with Gasteiger partial charge in [0.25, 0.3) is 5.56 Å². The molecule has 0 fully saturated rings. The van der Waals surface area contributed by atoms with Crippen molar-refractivity contribution in [2.24, 2.45) is 0 Å². The fourth-order valence-corrected chi connectivity index (χ4v) is 4.75. The average molecular weight is 411 g/mol. The Kier molecular flexibility index (Phi) is 7.14. The van der Waals surface area contributed by atoms with Crippen LogP contribution in [0, 0.1) is 6.92 Å². The van der Waals surface area contributed by atoms with Crippen LogP contribution in [-0.2, 0) is 12.3 Å². The lowest BCUT2D eigenvalue weighted by Gasteiger charge is -2.28. The highest BCUT2D eigenvalue weighted by Crippen LogP contribution is 2.22. The van der Waals surface area contributed by atoms with Crippen LogP contribution in [0.4, 0.5) is 0 Å². The van der Waals surface area contributed by atoms with Gasteiger partial charge in [0.2, 0.25) is 0 Å². The minimum absolute atomic E-state index is 0.0638. The summed E-state index contributed by atoms with van der Waals surface area (Å²) in [6, 6.07) is 17.2. The van der Waals surface area contributed by atoms with Crippen molar-refractivity contribution in [2.45, 2.75) is 64.2 Å². The highest BCUT2D eigenvalue weighted by molar-refractivity contribution is 7.98. The van der Waals surface area contributed by atoms with Gasteiger partial charge in [0.1, 0.15) is 0 Å². The second-order valence-electron chi connectivity index (χ2n) is 8.28. The lowest BCUT2D eigenvalue weighted by molar-refractivity contribution is -0.942. The van der Waals surface area contributed by atoms with Gasteiger partial charge in [-0.25, -0.2) is 4.98 Å². The van der Waals surface area contributed by atoms with Crippen LogP contribution in [0.1, 0.15) is 38.8 Å². The molecule has 0 saturated heterocycles. The Morgan fingerprint density at radius 2 is 1.66 bits per heavy atom. The molecule has 2 aromatic carbocycles. The van der Waals surface area contributed by atoms with E-state index in [0.29, 0.717) is 24.0 Å². The topological polar surface area (TPSA) is 39.3 Å². The smallest absolute Gasteiger partial charge is 0.262 e. The summed E-state index contributed by atoms with van der Waals surface area (Å²) in [6.45, 7) is 12.6. The number of hydrogen-bond donors (Lipinski definition) is 1. The van der Waals surface area contributed by atoms with Crippen LogP contribution < -0.4 is 10.5 Å². The second-order valence-corrected chi connectivity index (χ2v) is 9.22. The number of aryl methyl sites for hydroxylation is 1. The molecule has 0 aliphatic heterocycles. The fourth-order valence-electron chi connectivity index (χ4n) is 3.77. The van der Waals surface area contributed by atoms with E-state index in [2.05, 4.69) is 58.9 Å². The summed E-state index contributed by atoms with van der Waals surface area (Å²) >= 11 is 1.65. The first kappa shape index (κ1) is 21.6. The molecule has 3 rings (SSSR count). The third-order valence-corrected chi connectivity index (χ3v) is 6.47. The predicted molar refractivity (Wildman–Crippen MR) is 123 cm³/mol. The van der Waals surface area contributed by atoms with Crippen LogP contribution in [-0.4, -0.2) is 28.2 Å². The van der Waals surface area contributed by atoms with Crippen molar-refractivity contribution in [1.82, 2.24) is 9.55 Å². The maximum absolute atomic E-state index is 13.3. The molecular formula is C24H32N3OS+. The second kappa shape index (κ2) is 9.59. The predicted octanol–water partition coefficient (Wildman–Crippen LogP) is 3.70. The molecule has 154 valence electrons. The van der Waals surface area contributed by atoms with Crippen molar-refractivity contribution < 1.29 is 4.90 Å². The van der Waals surface area contributed by atoms with Crippen LogP contribution in [0.25, 0.3) is 10.9 Å². The standard InChI is InChI=1S/C24H31N3OS/c1-17(2)26(18(3)4)14-15-27-23(28)21-8-6-7-9-22(21)25-24(27)29-16-20-12-10-19(5)11-13-20/h6-13,17-18H,14-16H2,1-5H3/p+1. The van der Waals surface area contributed by atoms with Crippen molar-refractivity contribution in [3.63, 3.8) is 0 Å². The van der Waals surface area contributed by atoms with E-state index in [1.54, 1.807) is 11.8 Å². The van der Waals surface area contributed by atoms with Crippen LogP contribution in [0.2, 0.25) is 0 Å². The van der Waals surface area contributed by atoms with Crippen LogP contribution in [0.5, 0.6) is 0 Å². The first-order valence-corrected chi connectivity index (χ1v) is 11.4. The van der Waals surface area contributed by atoms with Crippen molar-refractivity contribution in [1.29, 1.82) is 0 Å². The Morgan fingerprint density at radius 3 is 2.31 bits per heavy atom. The number of nitrogens with one attached hydrogen (secondary N) is 1. The number of thioether (sulfide) groups is 1. The molecule has 0 saturated carbocycles. The molecule has 0 radical (unpaired) electrons. The lowest BCUT2D eigenvalue weighted by Crippen LogP contribution is -3.18. The molecule has 0 amide bonds. The van der Waals surface area contributed by atoms with Gasteiger partial charge >= 0.3 is 0 Å². The van der Waals surface area contributed by atoms with Crippen LogP contribution in [0.3, 0.4) is 0 Å². The van der Waals surface area contributed by atoms with Crippen molar-refractivity contribution in [3.05, 3.63) is 70.0 Å². The Morgan fingerprint density at radius 1 is 1.00 bits per heavy atom. The summed E-state index contributed by atoms with van der Waals surface area (Å²) in [6.07, 6.45) is 0. The van der Waals surface area contributed by atoms with E-state index in [0.717, 1.165) is 23.0 Å². The summed E-state index contributed by atoms with van der Waals surface area (Å²) < 4.78 is 1.88. The van der Waals surface area contributed by atoms with Gasteiger partial charge in [-0.15, -0.1) is 0 Å². The highest BCUT2D eigenvalue weighted by atomic mass is 32.2. The fraction of sp³-hybridized carbons (Fsp3) is 0.417. The number of quaternary nitrogens is 1. The van der Waals surface area contributed by atoms with E-state index in [9.17, 15) is 4.79 Å². The number of fused-ring (bicyclic) bond motifs is 1. The molecule has 1 aromatic heterocycles. The molecular weight excluding hydrogens is 378 g/mol. The first-order valence-electron chi connectivity index (χ1n) is 10.4. The third-order valence-electron chi connectivity index (χ3n) is 5.42. The number of hydrogen-bond acceptors (Lipinski definition) is 3. The van der Waals surface area contributed by atoms with Gasteiger partial charge in [0, 0.05) is 5.75 Å². The van der Waals surface area contributed by atoms with Crippen molar-refractivity contribution in [2.75, 3.05) is 6.54 Å². The summed E-state index contributed by atoms with van der Waals surface area (Å²) in [5.74, 6) is 0.802. The van der Waals surface area contributed by atoms with Gasteiger partial charge in [0.15, 0.2) is 5.16 Å². The minimum atomic E-state index is 0.0638. The summed E-state index contributed by atoms with van der Waals surface area (Å²) in [5, 5.41) is 1.50. The Bertz CT molecular complexity index is 1000. The van der Waals surface area contributed by atoms with Gasteiger partial charge in [-0.1, -0.05) is 53.7 Å². The molecule has 1 N–H and O–H groups in total. The molecule has 4 nitrogen and oxygen atoms in total. The van der Waals surface area contributed by atoms with Crippen LogP contribution >= 0.6 is 11.8 Å². The van der Waals surface area contributed by atoms with Gasteiger partial charge in [-0.05, 0) is 52.3 Å². The molecule has 0 unspecified atom stereocenters. The molecule has 1 heterocycles. The van der Waals surface area contributed by atoms with E-state index in [1.165, 1.54) is 16.0 Å². The van der Waals surface area contributed by atoms with Crippen LogP contribution in [0.15, 0.2) is 58.5 Å². The molecule has 5 heteroatoms. The van der Waals surface area contributed by atoms with Gasteiger partial charge in [0.05, 0.1) is 36.1 Å². The largest absolute Gasteiger partial charge is 0.330 e. The molecule has 0 aliphatic rings. The average Bonchev–Trinajstić information content (AvgIpc) is 2.69. The summed E-state index contributed by atoms with van der Waals surface area (Å²) in [4.78, 5) is 19.6. The monoisotopic (exact) mass is 410 g/mol. The first-order chi connectivity index (χ1) is 13.9. The SMILES string of the molecule is Cc1ccc(CSc2nc3ccccc3c(=O)n2CC[NH+](C(C)C)C(C)C)cc1. The maximum Gasteiger partial charge on any atom is 0.262 e. The number of para-hydroxylation sites is 1. The van der Waals surface area contributed by atoms with Crippen molar-refractivity contribution >= 4 is 22.7 Å². The van der Waals surface area contributed by atoms with Gasteiger partial charge in [-0.3, -0.25) is 9.36 Å². The van der Waals surface area contributed by atoms with E-state index in [1.807, 2.05) is 28.8 Å². The summed E-state index contributed by atoms with van der Waals surface area (Å²) in [5.41, 5.74) is 3.34. The zero-order valence-electron chi connectivity index (χ0n) is 18.1. The molecule has 0 atom stereocenters. The van der Waals surface area contributed by atoms with Crippen molar-refractivity contribution in [3.8, 4) is 0 Å². The third kappa shape index (κ3) is 5.28. The Balaban J connectivity index is 1.92. The highest BCUT2D eigenvalue weighted by Gasteiger charge is 2.19. The quantitative estimate of drug-likeness (QED) is 0.455. The molecule has 0 aliphatic carbocycles. The van der Waals surface area contributed by atoms with Gasteiger partial charge < -0.3 is 4.90 Å². The maximum atomic E-state index is 13.3. The van der Waals surface area contributed by atoms with E-state index >= 15 is 0 Å². The number of nitrogens with zero attached hydrogens (tertiary/aromatic N) is 2. The van der Waals surface area contributed by atoms with E-state index in [-0.39, 0.29) is 5.56 Å². The van der Waals surface area contributed by atoms with E-state index in [4.69, 9.17) is 4.98 Å². The Labute approximate surface area is 178 Å². The van der Waals surface area contributed by atoms with E-state index < -0.39 is 0 Å². The number of rotatable bonds is 8. The molecule has 0 bridgehead atoms.